The Bertz CT molecular complexity index is 581. The highest BCUT2D eigenvalue weighted by molar-refractivity contribution is 5.89. The van der Waals surface area contributed by atoms with E-state index >= 15 is 0 Å². The van der Waals surface area contributed by atoms with Crippen molar-refractivity contribution in [2.45, 2.75) is 32.7 Å². The van der Waals surface area contributed by atoms with Crippen LogP contribution in [-0.4, -0.2) is 12.1 Å². The van der Waals surface area contributed by atoms with Crippen molar-refractivity contribution in [3.63, 3.8) is 0 Å². The zero-order valence-corrected chi connectivity index (χ0v) is 12.6. The lowest BCUT2D eigenvalue weighted by Gasteiger charge is -2.15. The van der Waals surface area contributed by atoms with Gasteiger partial charge in [0, 0.05) is 11.7 Å². The van der Waals surface area contributed by atoms with Crippen LogP contribution in [0.25, 0.3) is 0 Å². The highest BCUT2D eigenvalue weighted by Gasteiger charge is 2.07. The van der Waals surface area contributed by atoms with Gasteiger partial charge in [0.25, 0.3) is 0 Å². The summed E-state index contributed by atoms with van der Waals surface area (Å²) in [5, 5.41) is 5.83. The van der Waals surface area contributed by atoms with Crippen molar-refractivity contribution in [2.24, 2.45) is 0 Å². The molecule has 0 aliphatic carbocycles. The van der Waals surface area contributed by atoms with Gasteiger partial charge < -0.3 is 10.6 Å². The Kier molecular flexibility index (Phi) is 5.38. The maximum Gasteiger partial charge on any atom is 0.319 e. The topological polar surface area (TPSA) is 41.1 Å². The van der Waals surface area contributed by atoms with Crippen LogP contribution in [-0.2, 0) is 6.42 Å². The predicted octanol–water partition coefficient (Wildman–Crippen LogP) is 4.14. The van der Waals surface area contributed by atoms with Gasteiger partial charge in [-0.2, -0.15) is 0 Å². The predicted molar refractivity (Wildman–Crippen MR) is 87.6 cm³/mol. The van der Waals surface area contributed by atoms with Gasteiger partial charge in [-0.1, -0.05) is 42.5 Å². The Morgan fingerprint density at radius 2 is 1.86 bits per heavy atom. The zero-order valence-electron chi connectivity index (χ0n) is 12.6. The van der Waals surface area contributed by atoms with Gasteiger partial charge in [-0.15, -0.1) is 0 Å². The first-order valence-electron chi connectivity index (χ1n) is 7.31. The number of amides is 2. The number of rotatable bonds is 5. The Morgan fingerprint density at radius 1 is 1.10 bits per heavy atom. The third kappa shape index (κ3) is 5.30. The molecule has 2 amide bonds. The van der Waals surface area contributed by atoms with Crippen LogP contribution >= 0.6 is 0 Å². The number of benzene rings is 2. The van der Waals surface area contributed by atoms with E-state index in [1.54, 1.807) is 0 Å². The molecule has 0 radical (unpaired) electrons. The Labute approximate surface area is 126 Å². The number of anilines is 1. The second-order valence-electron chi connectivity index (χ2n) is 5.39. The fraction of sp³-hybridized carbons (Fsp3) is 0.278. The summed E-state index contributed by atoms with van der Waals surface area (Å²) in [6, 6.07) is 18.1. The summed E-state index contributed by atoms with van der Waals surface area (Å²) >= 11 is 0. The van der Waals surface area contributed by atoms with E-state index in [4.69, 9.17) is 0 Å². The molecule has 0 heterocycles. The Morgan fingerprint density at radius 3 is 2.57 bits per heavy atom. The summed E-state index contributed by atoms with van der Waals surface area (Å²) < 4.78 is 0. The molecule has 110 valence electrons. The fourth-order valence-electron chi connectivity index (χ4n) is 2.21. The summed E-state index contributed by atoms with van der Waals surface area (Å²) in [4.78, 5) is 11.9. The molecule has 0 bridgehead atoms. The minimum atomic E-state index is -0.152. The van der Waals surface area contributed by atoms with Gasteiger partial charge in [0.1, 0.15) is 0 Å². The molecule has 2 aromatic carbocycles. The second-order valence-corrected chi connectivity index (χ2v) is 5.39. The maximum absolute atomic E-state index is 11.9. The van der Waals surface area contributed by atoms with Gasteiger partial charge in [-0.3, -0.25) is 0 Å². The number of carbonyl (C=O) groups excluding carboxylic acids is 1. The molecule has 3 heteroatoms. The van der Waals surface area contributed by atoms with Crippen LogP contribution in [0.1, 0.15) is 24.5 Å². The SMILES string of the molecule is Cc1cccc(NC(=O)N[C@H](C)CCc2ccccc2)c1. The molecule has 0 fully saturated rings. The van der Waals surface area contributed by atoms with E-state index in [-0.39, 0.29) is 12.1 Å². The van der Waals surface area contributed by atoms with Crippen LogP contribution in [0.4, 0.5) is 10.5 Å². The first-order chi connectivity index (χ1) is 10.1. The third-order valence-electron chi connectivity index (χ3n) is 3.36. The van der Waals surface area contributed by atoms with E-state index in [1.807, 2.05) is 56.3 Å². The summed E-state index contributed by atoms with van der Waals surface area (Å²) in [6.07, 6.45) is 1.89. The van der Waals surface area contributed by atoms with E-state index in [9.17, 15) is 4.79 Å². The molecule has 1 atom stereocenters. The number of hydrogen-bond donors (Lipinski definition) is 2. The molecule has 0 aliphatic heterocycles. The van der Waals surface area contributed by atoms with Crippen LogP contribution in [0.5, 0.6) is 0 Å². The minimum Gasteiger partial charge on any atom is -0.335 e. The lowest BCUT2D eigenvalue weighted by atomic mass is 10.1. The van der Waals surface area contributed by atoms with Gasteiger partial charge in [0.05, 0.1) is 0 Å². The maximum atomic E-state index is 11.9. The summed E-state index contributed by atoms with van der Waals surface area (Å²) in [6.45, 7) is 4.03. The molecule has 0 unspecified atom stereocenters. The monoisotopic (exact) mass is 282 g/mol. The average molecular weight is 282 g/mol. The Hall–Kier alpha value is -2.29. The highest BCUT2D eigenvalue weighted by atomic mass is 16.2. The molecule has 2 rings (SSSR count). The molecule has 0 aliphatic rings. The molecule has 0 spiro atoms. The molecular weight excluding hydrogens is 260 g/mol. The second kappa shape index (κ2) is 7.48. The highest BCUT2D eigenvalue weighted by Crippen LogP contribution is 2.09. The summed E-state index contributed by atoms with van der Waals surface area (Å²) in [5.74, 6) is 0. The molecule has 3 nitrogen and oxygen atoms in total. The van der Waals surface area contributed by atoms with Crippen LogP contribution in [0.3, 0.4) is 0 Å². The van der Waals surface area contributed by atoms with Gasteiger partial charge in [-0.25, -0.2) is 4.79 Å². The summed E-state index contributed by atoms with van der Waals surface area (Å²) in [5.41, 5.74) is 3.25. The lowest BCUT2D eigenvalue weighted by molar-refractivity contribution is 0.248. The fourth-order valence-corrected chi connectivity index (χ4v) is 2.21. The zero-order chi connectivity index (χ0) is 15.1. The van der Waals surface area contributed by atoms with Gasteiger partial charge in [0.2, 0.25) is 0 Å². The molecule has 21 heavy (non-hydrogen) atoms. The Balaban J connectivity index is 1.77. The number of nitrogens with one attached hydrogen (secondary N) is 2. The van der Waals surface area contributed by atoms with Gasteiger partial charge >= 0.3 is 6.03 Å². The average Bonchev–Trinajstić information content (AvgIpc) is 2.46. The standard InChI is InChI=1S/C18H22N2O/c1-14-7-6-10-17(13-14)20-18(21)19-15(2)11-12-16-8-4-3-5-9-16/h3-10,13,15H,11-12H2,1-2H3,(H2,19,20,21)/t15-/m1/s1. The molecular formula is C18H22N2O. The third-order valence-corrected chi connectivity index (χ3v) is 3.36. The van der Waals surface area contributed by atoms with Crippen molar-refractivity contribution < 1.29 is 4.79 Å². The van der Waals surface area contributed by atoms with Crippen molar-refractivity contribution in [3.8, 4) is 0 Å². The first-order valence-corrected chi connectivity index (χ1v) is 7.31. The van der Waals surface area contributed by atoms with Crippen LogP contribution in [0, 0.1) is 6.92 Å². The minimum absolute atomic E-state index is 0.134. The quantitative estimate of drug-likeness (QED) is 0.850. The van der Waals surface area contributed by atoms with E-state index in [1.165, 1.54) is 5.56 Å². The van der Waals surface area contributed by atoms with Gasteiger partial charge in [0.15, 0.2) is 0 Å². The van der Waals surface area contributed by atoms with E-state index < -0.39 is 0 Å². The van der Waals surface area contributed by atoms with Crippen LogP contribution in [0.15, 0.2) is 54.6 Å². The lowest BCUT2D eigenvalue weighted by Crippen LogP contribution is -2.36. The van der Waals surface area contributed by atoms with E-state index in [0.717, 1.165) is 24.1 Å². The van der Waals surface area contributed by atoms with E-state index in [0.29, 0.717) is 0 Å². The van der Waals surface area contributed by atoms with Crippen molar-refractivity contribution in [1.82, 2.24) is 5.32 Å². The number of hydrogen-bond acceptors (Lipinski definition) is 1. The van der Waals surface area contributed by atoms with Crippen molar-refractivity contribution in [1.29, 1.82) is 0 Å². The largest absolute Gasteiger partial charge is 0.335 e. The van der Waals surface area contributed by atoms with Crippen LogP contribution in [0.2, 0.25) is 0 Å². The van der Waals surface area contributed by atoms with Crippen molar-refractivity contribution >= 4 is 11.7 Å². The van der Waals surface area contributed by atoms with E-state index in [2.05, 4.69) is 22.8 Å². The van der Waals surface area contributed by atoms with Crippen molar-refractivity contribution in [2.75, 3.05) is 5.32 Å². The van der Waals surface area contributed by atoms with Crippen LogP contribution < -0.4 is 10.6 Å². The smallest absolute Gasteiger partial charge is 0.319 e. The summed E-state index contributed by atoms with van der Waals surface area (Å²) in [7, 11) is 0. The molecule has 2 N–H and O–H groups in total. The molecule has 0 saturated heterocycles. The molecule has 0 saturated carbocycles. The molecule has 2 aromatic rings. The number of carbonyl (C=O) groups is 1. The first kappa shape index (κ1) is 15.1. The van der Waals surface area contributed by atoms with Crippen molar-refractivity contribution in [3.05, 3.63) is 65.7 Å². The number of aryl methyl sites for hydroxylation is 2. The normalized spacial score (nSPS) is 11.7. The van der Waals surface area contributed by atoms with Gasteiger partial charge in [-0.05, 0) is 49.9 Å². The molecule has 0 aromatic heterocycles. The number of urea groups is 1.